The van der Waals surface area contributed by atoms with E-state index in [-0.39, 0.29) is 59.0 Å². The lowest BCUT2D eigenvalue weighted by atomic mass is 9.93. The van der Waals surface area contributed by atoms with Crippen LogP contribution in [0.1, 0.15) is 141 Å². The molecule has 0 aliphatic heterocycles. The largest absolute Gasteiger partial charge is 0.495 e. The zero-order valence-electron chi connectivity index (χ0n) is 62.5. The molecule has 2 aliphatic carbocycles. The number of thiophene rings is 2. The average Bonchev–Trinajstić information content (AvgIpc) is 1.60. The number of benzene rings is 8. The predicted molar refractivity (Wildman–Crippen MR) is 443 cm³/mol. The van der Waals surface area contributed by atoms with Crippen molar-refractivity contribution < 1.29 is 55.7 Å². The molecule has 16 rings (SSSR count). The summed E-state index contributed by atoms with van der Waals surface area (Å²) in [4.78, 5) is 53.2. The van der Waals surface area contributed by atoms with Gasteiger partial charge in [0.15, 0.2) is 0 Å². The summed E-state index contributed by atoms with van der Waals surface area (Å²) in [6.45, 7) is 1.00. The van der Waals surface area contributed by atoms with E-state index in [1.807, 2.05) is 83.6 Å². The summed E-state index contributed by atoms with van der Waals surface area (Å²) >= 11 is 3.26. The van der Waals surface area contributed by atoms with E-state index in [2.05, 4.69) is 68.1 Å². The van der Waals surface area contributed by atoms with Gasteiger partial charge >= 0.3 is 0 Å². The topological polar surface area (TPSA) is 268 Å². The summed E-state index contributed by atoms with van der Waals surface area (Å²) < 4.78 is 74.7. The smallest absolute Gasteiger partial charge is 0.255 e. The number of H-pyrrole nitrogens is 4. The summed E-state index contributed by atoms with van der Waals surface area (Å²) in [5.41, 5.74) is 11.0. The fraction of sp³-hybridized carbons (Fsp3) is 0.182. The molecular weight excluding hydrogens is 1490 g/mol. The number of rotatable bonds is 23. The van der Waals surface area contributed by atoms with Crippen LogP contribution in [0.4, 0.5) is 17.6 Å². The summed E-state index contributed by atoms with van der Waals surface area (Å²) in [6, 6.07) is 47.4. The van der Waals surface area contributed by atoms with Gasteiger partial charge < -0.3 is 40.2 Å². The first-order chi connectivity index (χ1) is 55.6. The molecule has 26 heteroatoms. The lowest BCUT2D eigenvalue weighted by Crippen LogP contribution is -2.39. The maximum atomic E-state index is 13.1. The molecule has 4 amide bonds. The van der Waals surface area contributed by atoms with E-state index in [4.69, 9.17) is 18.9 Å². The maximum absolute atomic E-state index is 13.1. The van der Waals surface area contributed by atoms with Gasteiger partial charge in [0.25, 0.3) is 23.6 Å². The van der Waals surface area contributed by atoms with Gasteiger partial charge in [0, 0.05) is 28.4 Å². The number of halogens is 4. The fourth-order valence-corrected chi connectivity index (χ4v) is 14.5. The normalized spacial score (nSPS) is 12.9. The second kappa shape index (κ2) is 37.7. The van der Waals surface area contributed by atoms with E-state index < -0.39 is 0 Å². The number of methoxy groups -OCH3 is 4. The number of carbonyl (C=O) groups is 4. The minimum Gasteiger partial charge on any atom is -0.495 e. The van der Waals surface area contributed by atoms with Crippen molar-refractivity contribution in [2.24, 2.45) is 0 Å². The second-order valence-corrected chi connectivity index (χ2v) is 28.7. The van der Waals surface area contributed by atoms with Crippen molar-refractivity contribution in [1.82, 2.24) is 62.1 Å². The molecule has 6 aromatic heterocycles. The van der Waals surface area contributed by atoms with E-state index in [0.717, 1.165) is 111 Å². The highest BCUT2D eigenvalue weighted by Crippen LogP contribution is 2.38. The number of fused-ring (bicyclic) bond motifs is 4. The Hall–Kier alpha value is -13.2. The third kappa shape index (κ3) is 19.4. The Balaban J connectivity index is 0.000000133. The van der Waals surface area contributed by atoms with Gasteiger partial charge in [0.2, 0.25) is 0 Å². The lowest BCUT2D eigenvalue weighted by Gasteiger charge is -2.26. The first kappa shape index (κ1) is 78.9. The number of aromatic nitrogens is 8. The van der Waals surface area contributed by atoms with Crippen LogP contribution in [0.5, 0.6) is 23.0 Å². The monoisotopic (exact) mass is 1570 g/mol. The molecule has 0 unspecified atom stereocenters. The zero-order chi connectivity index (χ0) is 79.5. The van der Waals surface area contributed by atoms with Crippen molar-refractivity contribution in [1.29, 1.82) is 0 Å². The van der Waals surface area contributed by atoms with E-state index in [1.54, 1.807) is 128 Å². The zero-order valence-corrected chi connectivity index (χ0v) is 64.2. The Morgan fingerprint density at radius 3 is 0.965 bits per heavy atom. The Labute approximate surface area is 661 Å². The quantitative estimate of drug-likeness (QED) is 0.0278. The summed E-state index contributed by atoms with van der Waals surface area (Å²) in [6.07, 6.45) is 23.1. The molecule has 0 radical (unpaired) electrons. The van der Waals surface area contributed by atoms with Gasteiger partial charge in [-0.3, -0.25) is 39.6 Å². The molecular formula is C88H80F4N12O8S2. The maximum Gasteiger partial charge on any atom is 0.255 e. The second-order valence-electron chi connectivity index (χ2n) is 26.7. The summed E-state index contributed by atoms with van der Waals surface area (Å²) in [5, 5.41) is 48.1. The van der Waals surface area contributed by atoms with E-state index in [0.29, 0.717) is 91.8 Å². The third-order valence-corrected chi connectivity index (χ3v) is 21.0. The Kier molecular flexibility index (Phi) is 26.1. The molecule has 0 bridgehead atoms. The van der Waals surface area contributed by atoms with Gasteiger partial charge in [-0.15, -0.1) is 22.7 Å². The SMILES string of the molecule is COc1c(C(=O)NC2CCC2)ccc2n[nH]c(/C=C/c3ccc(F)cc3)c12.COc1c(C(=O)NC2CCCC2)ccc2n[nH]c(/C=C/c3ccc(F)cc3)c12.COc1c(C(=O)NCCc2cccs2)ccc2n[nH]c(/C=C/c3ccc(F)cc3)c12.COc1c(C(=O)NCc2cccs2)ccc2n[nH]c(/C=C/c3ccc(F)cc3)c12. The minimum atomic E-state index is -0.283. The molecule has 2 aliphatic rings. The number of aromatic amines is 4. The number of hydrogen-bond donors (Lipinski definition) is 8. The first-order valence-electron chi connectivity index (χ1n) is 36.8. The van der Waals surface area contributed by atoms with Crippen molar-refractivity contribution in [3.05, 3.63) is 281 Å². The van der Waals surface area contributed by atoms with Crippen molar-refractivity contribution in [3.8, 4) is 23.0 Å². The van der Waals surface area contributed by atoms with Crippen LogP contribution in [0.2, 0.25) is 0 Å². The fourth-order valence-electron chi connectivity index (χ4n) is 13.1. The molecule has 8 aromatic carbocycles. The van der Waals surface area contributed by atoms with Gasteiger partial charge in [0.05, 0.1) is 124 Å². The molecule has 0 atom stereocenters. The number of nitrogens with zero attached hydrogens (tertiary/aromatic N) is 4. The molecule has 8 N–H and O–H groups in total. The van der Waals surface area contributed by atoms with Gasteiger partial charge in [0.1, 0.15) is 46.3 Å². The molecule has 0 saturated heterocycles. The van der Waals surface area contributed by atoms with Crippen LogP contribution in [-0.4, -0.2) is 111 Å². The molecule has 6 heterocycles. The molecule has 580 valence electrons. The number of amides is 4. The number of nitrogens with one attached hydrogen (secondary N) is 8. The van der Waals surface area contributed by atoms with Crippen LogP contribution in [0.15, 0.2) is 181 Å². The number of carbonyl (C=O) groups excluding carboxylic acids is 4. The van der Waals surface area contributed by atoms with Gasteiger partial charge in [-0.2, -0.15) is 20.4 Å². The standard InChI is InChI=1S/C23H20FN3O2S.C22H18FN3O2S.C22H22FN3O2.C21H20FN3O2/c1-29-22-18(23(28)25-13-12-17-3-2-14-30-17)9-11-20-21(22)19(26-27-20)10-6-15-4-7-16(24)8-5-15;1-28-21-17(22(27)24-13-16-3-2-12-29-16)9-11-19-20(21)18(25-26-19)10-6-14-4-7-15(23)8-5-14;1-28-21-17(22(27)24-16-4-2-3-5-16)11-13-19-20(21)18(25-26-19)12-8-14-6-9-15(23)10-7-14;1-27-20-16(21(26)23-15-3-2-4-15)10-12-18-19(20)17(24-25-18)11-7-13-5-8-14(22)9-6-13/h2-11,14H,12-13H2,1H3,(H,25,28)(H,26,27);2-12H,13H2,1H3,(H,24,27)(H,25,26);6-13,16H,2-5H2,1H3,(H,24,27)(H,25,26);5-12,15H,2-4H2,1H3,(H,23,26)(H,24,25)/b2*10-6+;12-8+;11-7+. The van der Waals surface area contributed by atoms with E-state index >= 15 is 0 Å². The molecule has 14 aromatic rings. The van der Waals surface area contributed by atoms with Crippen LogP contribution in [-0.2, 0) is 13.0 Å². The third-order valence-electron chi connectivity index (χ3n) is 19.2. The van der Waals surface area contributed by atoms with Crippen LogP contribution >= 0.6 is 22.7 Å². The average molecular weight is 1570 g/mol. The Bertz CT molecular complexity index is 5790. The highest BCUT2D eigenvalue weighted by molar-refractivity contribution is 7.10. The highest BCUT2D eigenvalue weighted by atomic mass is 32.1. The van der Waals surface area contributed by atoms with Crippen molar-refractivity contribution in [2.75, 3.05) is 35.0 Å². The van der Waals surface area contributed by atoms with Crippen LogP contribution in [0.3, 0.4) is 0 Å². The van der Waals surface area contributed by atoms with Crippen molar-refractivity contribution >= 4 is 139 Å². The van der Waals surface area contributed by atoms with Crippen LogP contribution in [0.25, 0.3) is 92.2 Å². The summed E-state index contributed by atoms with van der Waals surface area (Å²) in [5.74, 6) is 0.140. The minimum absolute atomic E-state index is 0.125. The number of ether oxygens (including phenoxy) is 4. The van der Waals surface area contributed by atoms with Crippen LogP contribution in [0, 0.1) is 23.3 Å². The molecule has 114 heavy (non-hydrogen) atoms. The predicted octanol–water partition coefficient (Wildman–Crippen LogP) is 18.5. The first-order valence-corrected chi connectivity index (χ1v) is 38.6. The summed E-state index contributed by atoms with van der Waals surface area (Å²) in [7, 11) is 6.18. The lowest BCUT2D eigenvalue weighted by molar-refractivity contribution is 0.0909. The Morgan fingerprint density at radius 1 is 0.377 bits per heavy atom. The van der Waals surface area contributed by atoms with Gasteiger partial charge in [-0.25, -0.2) is 17.6 Å². The highest BCUT2D eigenvalue weighted by Gasteiger charge is 2.27. The Morgan fingerprint density at radius 2 is 0.675 bits per heavy atom. The van der Waals surface area contributed by atoms with E-state index in [1.165, 1.54) is 67.6 Å². The van der Waals surface area contributed by atoms with Crippen LogP contribution < -0.4 is 40.2 Å². The molecule has 2 fully saturated rings. The number of hydrogen-bond acceptors (Lipinski definition) is 14. The van der Waals surface area contributed by atoms with Crippen molar-refractivity contribution in [3.63, 3.8) is 0 Å². The molecule has 20 nitrogen and oxygen atoms in total. The molecule has 2 saturated carbocycles. The van der Waals surface area contributed by atoms with E-state index in [9.17, 15) is 36.7 Å². The molecule has 0 spiro atoms. The van der Waals surface area contributed by atoms with Gasteiger partial charge in [-0.05, 0) is 205 Å². The van der Waals surface area contributed by atoms with Crippen molar-refractivity contribution in [2.45, 2.75) is 70.0 Å². The van der Waals surface area contributed by atoms with Gasteiger partial charge in [-0.1, -0.05) is 97.8 Å².